The van der Waals surface area contributed by atoms with Crippen molar-refractivity contribution in [2.75, 3.05) is 7.05 Å². The fourth-order valence-corrected chi connectivity index (χ4v) is 3.47. The molecule has 3 rings (SSSR count). The number of carbonyl (C=O) groups excluding carboxylic acids is 2. The quantitative estimate of drug-likeness (QED) is 0.629. The van der Waals surface area contributed by atoms with E-state index in [-0.39, 0.29) is 5.91 Å². The fraction of sp³-hybridized carbons (Fsp3) is 0.400. The Labute approximate surface area is 183 Å². The number of alkyl carbamates (subject to hydrolysis) is 1. The van der Waals surface area contributed by atoms with Crippen LogP contribution in [-0.2, 0) is 22.5 Å². The van der Waals surface area contributed by atoms with Crippen molar-refractivity contribution in [1.82, 2.24) is 10.2 Å². The van der Waals surface area contributed by atoms with Gasteiger partial charge in [0.15, 0.2) is 6.10 Å². The van der Waals surface area contributed by atoms with E-state index in [1.54, 1.807) is 7.05 Å². The normalized spacial score (nSPS) is 14.7. The van der Waals surface area contributed by atoms with Crippen molar-refractivity contribution in [1.29, 1.82) is 5.26 Å². The number of rotatable bonds is 10. The maximum atomic E-state index is 13.1. The van der Waals surface area contributed by atoms with Gasteiger partial charge in [-0.1, -0.05) is 73.5 Å². The van der Waals surface area contributed by atoms with Crippen molar-refractivity contribution < 1.29 is 14.3 Å². The Morgan fingerprint density at radius 3 is 2.29 bits per heavy atom. The first kappa shape index (κ1) is 22.4. The van der Waals surface area contributed by atoms with Gasteiger partial charge >= 0.3 is 6.09 Å². The van der Waals surface area contributed by atoms with Gasteiger partial charge < -0.3 is 15.0 Å². The molecule has 0 heterocycles. The zero-order valence-corrected chi connectivity index (χ0v) is 17.9. The first-order valence-electron chi connectivity index (χ1n) is 10.8. The second-order valence-corrected chi connectivity index (χ2v) is 8.03. The van der Waals surface area contributed by atoms with Crippen LogP contribution in [0.5, 0.6) is 0 Å². The highest BCUT2D eigenvalue weighted by molar-refractivity contribution is 5.84. The van der Waals surface area contributed by atoms with Crippen LogP contribution in [0, 0.1) is 17.2 Å². The number of benzene rings is 2. The van der Waals surface area contributed by atoms with E-state index >= 15 is 0 Å². The summed E-state index contributed by atoms with van der Waals surface area (Å²) in [5.74, 6) is 0.0792. The highest BCUT2D eigenvalue weighted by Gasteiger charge is 2.35. The van der Waals surface area contributed by atoms with Crippen LogP contribution >= 0.6 is 0 Å². The highest BCUT2D eigenvalue weighted by Crippen LogP contribution is 2.34. The molecule has 0 aromatic heterocycles. The molecule has 31 heavy (non-hydrogen) atoms. The van der Waals surface area contributed by atoms with Crippen LogP contribution in [0.25, 0.3) is 0 Å². The van der Waals surface area contributed by atoms with Crippen LogP contribution < -0.4 is 5.32 Å². The molecule has 1 aliphatic rings. The number of aryl methyl sites for hydroxylation is 1. The molecule has 1 fully saturated rings. The van der Waals surface area contributed by atoms with E-state index in [9.17, 15) is 14.9 Å². The number of carbonyl (C=O) groups is 2. The SMILES string of the molecule is CN(C(=O)[C@H](CC1CC1)OC(=O)NCc1ccccc1)[C@H](C#N)CCc1ccccc1. The van der Waals surface area contributed by atoms with Crippen molar-refractivity contribution in [3.8, 4) is 6.07 Å². The van der Waals surface area contributed by atoms with E-state index in [1.807, 2.05) is 60.7 Å². The molecule has 0 unspecified atom stereocenters. The average Bonchev–Trinajstić information content (AvgIpc) is 3.62. The van der Waals surface area contributed by atoms with Crippen LogP contribution in [-0.4, -0.2) is 36.1 Å². The molecule has 0 spiro atoms. The smallest absolute Gasteiger partial charge is 0.408 e. The van der Waals surface area contributed by atoms with Gasteiger partial charge in [0.05, 0.1) is 6.07 Å². The van der Waals surface area contributed by atoms with Gasteiger partial charge in [-0.05, 0) is 36.3 Å². The summed E-state index contributed by atoms with van der Waals surface area (Å²) in [6, 6.07) is 21.0. The van der Waals surface area contributed by atoms with Crippen LogP contribution in [0.4, 0.5) is 4.79 Å². The summed E-state index contributed by atoms with van der Waals surface area (Å²) in [4.78, 5) is 26.9. The minimum Gasteiger partial charge on any atom is -0.436 e. The molecule has 0 radical (unpaired) electrons. The Bertz CT molecular complexity index is 891. The summed E-state index contributed by atoms with van der Waals surface area (Å²) in [5, 5.41) is 12.3. The Kier molecular flexibility index (Phi) is 8.05. The molecule has 2 aromatic carbocycles. The van der Waals surface area contributed by atoms with Gasteiger partial charge in [-0.3, -0.25) is 4.79 Å². The number of likely N-dealkylation sites (N-methyl/N-ethyl adjacent to an activating group) is 1. The number of ether oxygens (including phenoxy) is 1. The van der Waals surface area contributed by atoms with E-state index in [0.29, 0.717) is 31.7 Å². The molecule has 2 aromatic rings. The largest absolute Gasteiger partial charge is 0.436 e. The average molecular weight is 420 g/mol. The number of nitriles is 1. The lowest BCUT2D eigenvalue weighted by atomic mass is 10.0. The molecular weight excluding hydrogens is 390 g/mol. The molecule has 2 atom stereocenters. The molecule has 6 heteroatoms. The highest BCUT2D eigenvalue weighted by atomic mass is 16.6. The van der Waals surface area contributed by atoms with E-state index < -0.39 is 18.2 Å². The van der Waals surface area contributed by atoms with Crippen LogP contribution in [0.2, 0.25) is 0 Å². The van der Waals surface area contributed by atoms with Crippen molar-refractivity contribution in [2.24, 2.45) is 5.92 Å². The van der Waals surface area contributed by atoms with Crippen LogP contribution in [0.15, 0.2) is 60.7 Å². The maximum absolute atomic E-state index is 13.1. The standard InChI is InChI=1S/C25H29N3O3/c1-28(22(17-26)15-14-19-8-4-2-5-9-19)24(29)23(16-20-12-13-20)31-25(30)27-18-21-10-6-3-7-11-21/h2-11,20,22-23H,12-16,18H2,1H3,(H,27,30)/t22-,23-/m0/s1. The Hall–Kier alpha value is -3.33. The predicted molar refractivity (Wildman–Crippen MR) is 118 cm³/mol. The van der Waals surface area contributed by atoms with Crippen molar-refractivity contribution in [3.63, 3.8) is 0 Å². The molecule has 162 valence electrons. The lowest BCUT2D eigenvalue weighted by Gasteiger charge is -2.27. The topological polar surface area (TPSA) is 82.4 Å². The second-order valence-electron chi connectivity index (χ2n) is 8.03. The van der Waals surface area contributed by atoms with Gasteiger partial charge in [0.2, 0.25) is 0 Å². The molecule has 1 aliphatic carbocycles. The number of nitrogens with zero attached hydrogens (tertiary/aromatic N) is 2. The first-order chi connectivity index (χ1) is 15.1. The summed E-state index contributed by atoms with van der Waals surface area (Å²) in [7, 11) is 1.62. The summed E-state index contributed by atoms with van der Waals surface area (Å²) < 4.78 is 5.51. The Morgan fingerprint density at radius 1 is 1.10 bits per heavy atom. The summed E-state index contributed by atoms with van der Waals surface area (Å²) >= 11 is 0. The zero-order chi connectivity index (χ0) is 22.1. The molecule has 6 nitrogen and oxygen atoms in total. The monoisotopic (exact) mass is 419 g/mol. The molecule has 0 bridgehead atoms. The lowest BCUT2D eigenvalue weighted by Crippen LogP contribution is -2.45. The van der Waals surface area contributed by atoms with Gasteiger partial charge in [0.25, 0.3) is 5.91 Å². The van der Waals surface area contributed by atoms with Crippen molar-refractivity contribution >= 4 is 12.0 Å². The van der Waals surface area contributed by atoms with E-state index in [4.69, 9.17) is 4.74 Å². The molecule has 0 saturated heterocycles. The zero-order valence-electron chi connectivity index (χ0n) is 17.9. The molecule has 1 N–H and O–H groups in total. The van der Waals surface area contributed by atoms with E-state index in [0.717, 1.165) is 24.0 Å². The fourth-order valence-electron chi connectivity index (χ4n) is 3.47. The third-order valence-corrected chi connectivity index (χ3v) is 5.56. The summed E-state index contributed by atoms with van der Waals surface area (Å²) in [5.41, 5.74) is 2.07. The minimum atomic E-state index is -0.874. The lowest BCUT2D eigenvalue weighted by molar-refractivity contribution is -0.140. The van der Waals surface area contributed by atoms with Gasteiger partial charge in [0.1, 0.15) is 6.04 Å². The number of hydrogen-bond acceptors (Lipinski definition) is 4. The van der Waals surface area contributed by atoms with E-state index in [1.165, 1.54) is 4.90 Å². The Morgan fingerprint density at radius 2 is 1.71 bits per heavy atom. The molecule has 0 aliphatic heterocycles. The third kappa shape index (κ3) is 7.14. The van der Waals surface area contributed by atoms with Crippen LogP contribution in [0.3, 0.4) is 0 Å². The summed E-state index contributed by atoms with van der Waals surface area (Å²) in [6.45, 7) is 0.331. The molecule has 1 saturated carbocycles. The van der Waals surface area contributed by atoms with Gasteiger partial charge in [-0.25, -0.2) is 4.79 Å². The minimum absolute atomic E-state index is 0.318. The number of nitrogens with one attached hydrogen (secondary N) is 1. The predicted octanol–water partition coefficient (Wildman–Crippen LogP) is 4.06. The first-order valence-corrected chi connectivity index (χ1v) is 10.8. The molecular formula is C25H29N3O3. The molecule has 2 amide bonds. The second kappa shape index (κ2) is 11.2. The number of hydrogen-bond donors (Lipinski definition) is 1. The number of amides is 2. The van der Waals surface area contributed by atoms with Crippen molar-refractivity contribution in [3.05, 3.63) is 71.8 Å². The van der Waals surface area contributed by atoms with E-state index in [2.05, 4.69) is 11.4 Å². The third-order valence-electron chi connectivity index (χ3n) is 5.56. The van der Waals surface area contributed by atoms with Gasteiger partial charge in [-0.15, -0.1) is 0 Å². The summed E-state index contributed by atoms with van der Waals surface area (Å²) in [6.07, 6.45) is 2.31. The van der Waals surface area contributed by atoms with Gasteiger partial charge in [-0.2, -0.15) is 5.26 Å². The van der Waals surface area contributed by atoms with Crippen LogP contribution in [0.1, 0.15) is 36.8 Å². The van der Waals surface area contributed by atoms with Gasteiger partial charge in [0, 0.05) is 13.6 Å². The Balaban J connectivity index is 1.56. The maximum Gasteiger partial charge on any atom is 0.408 e. The van der Waals surface area contributed by atoms with Crippen molar-refractivity contribution in [2.45, 2.75) is 50.8 Å².